The molecule has 0 spiro atoms. The van der Waals surface area contributed by atoms with Crippen LogP contribution in [0, 0.1) is 0 Å². The Balaban J connectivity index is -0.0000000625. The number of hydrogen-bond acceptors (Lipinski definition) is 8. The summed E-state index contributed by atoms with van der Waals surface area (Å²) in [6, 6.07) is 0. The van der Waals surface area contributed by atoms with E-state index in [9.17, 15) is 0 Å². The molecular formula is C4H2HfO9. The maximum absolute atomic E-state index is 8.93. The fraction of sp³-hybridized carbons (Fsp3) is 0. The molecule has 9 nitrogen and oxygen atoms in total. The minimum atomic E-state index is -2.19. The van der Waals surface area contributed by atoms with Crippen LogP contribution in [0.5, 0.6) is 0 Å². The number of aliphatic carboxylic acids is 4. The van der Waals surface area contributed by atoms with Gasteiger partial charge in [-0.05, 0) is 0 Å². The van der Waals surface area contributed by atoms with Crippen LogP contribution < -0.4 is 20.4 Å². The van der Waals surface area contributed by atoms with Gasteiger partial charge in [0, 0.05) is 0 Å². The number of rotatable bonds is 0. The van der Waals surface area contributed by atoms with E-state index in [1.54, 1.807) is 0 Å². The predicted octanol–water partition coefficient (Wildman–Crippen LogP) is -7.85. The molecule has 0 saturated heterocycles. The molecule has 0 fully saturated rings. The molecule has 0 atom stereocenters. The molecule has 0 radical (unpaired) electrons. The molecule has 0 bridgehead atoms. The zero-order valence-electron chi connectivity index (χ0n) is 6.27. The molecule has 0 aromatic carbocycles. The van der Waals surface area contributed by atoms with Gasteiger partial charge in [-0.2, -0.15) is 0 Å². The van der Waals surface area contributed by atoms with Gasteiger partial charge < -0.3 is 45.1 Å². The van der Waals surface area contributed by atoms with Gasteiger partial charge in [0.15, 0.2) is 0 Å². The molecule has 76 valence electrons. The van der Waals surface area contributed by atoms with E-state index in [-0.39, 0.29) is 31.3 Å². The minimum Gasteiger partial charge on any atom is -0.543 e. The molecule has 0 saturated carbocycles. The van der Waals surface area contributed by atoms with Crippen molar-refractivity contribution in [1.82, 2.24) is 0 Å². The van der Waals surface area contributed by atoms with E-state index in [0.29, 0.717) is 0 Å². The Labute approximate surface area is 95.1 Å². The summed E-state index contributed by atoms with van der Waals surface area (Å²) in [4.78, 5) is 35.7. The summed E-state index contributed by atoms with van der Waals surface area (Å²) in [5.41, 5.74) is 0. The second-order valence-corrected chi connectivity index (χ2v) is 1.15. The molecule has 0 aromatic rings. The number of carbonyl (C=O) groups excluding carboxylic acids is 4. The van der Waals surface area contributed by atoms with Gasteiger partial charge in [0.25, 0.3) is 0 Å². The van der Waals surface area contributed by atoms with E-state index >= 15 is 0 Å². The molecule has 0 aromatic heterocycles. The maximum atomic E-state index is 8.93. The third-order valence-electron chi connectivity index (χ3n) is 0.333. The van der Waals surface area contributed by atoms with Crippen LogP contribution in [0.2, 0.25) is 0 Å². The Morgan fingerprint density at radius 3 is 0.643 bits per heavy atom. The molecule has 2 N–H and O–H groups in total. The first-order valence-corrected chi connectivity index (χ1v) is 2.13. The van der Waals surface area contributed by atoms with Gasteiger partial charge in [0.1, 0.15) is 0 Å². The summed E-state index contributed by atoms with van der Waals surface area (Å²) in [6.07, 6.45) is 0. The van der Waals surface area contributed by atoms with Gasteiger partial charge in [0.2, 0.25) is 0 Å². The maximum Gasteiger partial charge on any atom is 4.00 e. The van der Waals surface area contributed by atoms with Crippen LogP contribution in [0.3, 0.4) is 0 Å². The van der Waals surface area contributed by atoms with Crippen LogP contribution in [0.25, 0.3) is 0 Å². The average Bonchev–Trinajstić information content (AvgIpc) is 1.88. The molecule has 0 aliphatic rings. The molecular weight excluding hydrogens is 371 g/mol. The van der Waals surface area contributed by atoms with E-state index in [0.717, 1.165) is 0 Å². The van der Waals surface area contributed by atoms with Crippen molar-refractivity contribution < 1.29 is 70.9 Å². The first kappa shape index (κ1) is 23.0. The Kier molecular flexibility index (Phi) is 19.2. The molecule has 0 aliphatic heterocycles. The summed E-state index contributed by atoms with van der Waals surface area (Å²) < 4.78 is 0. The molecule has 10 heteroatoms. The Hall–Kier alpha value is -1.29. The van der Waals surface area contributed by atoms with E-state index in [1.165, 1.54) is 0 Å². The van der Waals surface area contributed by atoms with Gasteiger partial charge in [-0.3, -0.25) is 0 Å². The summed E-state index contributed by atoms with van der Waals surface area (Å²) in [5.74, 6) is -8.74. The normalized spacial score (nSPS) is 6.29. The summed E-state index contributed by atoms with van der Waals surface area (Å²) in [5, 5.41) is 35.7. The number of carboxylic acids is 4. The predicted molar refractivity (Wildman–Crippen MR) is 23.6 cm³/mol. The van der Waals surface area contributed by atoms with Gasteiger partial charge in [-0.15, -0.1) is 0 Å². The quantitative estimate of drug-likeness (QED) is 0.295. The minimum absolute atomic E-state index is 0. The summed E-state index contributed by atoms with van der Waals surface area (Å²) in [6.45, 7) is 0. The van der Waals surface area contributed by atoms with Gasteiger partial charge in [-0.25, -0.2) is 0 Å². The van der Waals surface area contributed by atoms with E-state index < -0.39 is 23.9 Å². The van der Waals surface area contributed by atoms with Crippen molar-refractivity contribution in [2.24, 2.45) is 0 Å². The van der Waals surface area contributed by atoms with Gasteiger partial charge in [-0.1, -0.05) is 0 Å². The van der Waals surface area contributed by atoms with Crippen molar-refractivity contribution in [3.8, 4) is 0 Å². The third-order valence-corrected chi connectivity index (χ3v) is 0.333. The van der Waals surface area contributed by atoms with E-state index in [2.05, 4.69) is 0 Å². The molecule has 0 rings (SSSR count). The van der Waals surface area contributed by atoms with Gasteiger partial charge >= 0.3 is 25.8 Å². The van der Waals surface area contributed by atoms with Crippen molar-refractivity contribution >= 4 is 23.9 Å². The van der Waals surface area contributed by atoms with Crippen molar-refractivity contribution in [2.75, 3.05) is 0 Å². The Morgan fingerprint density at radius 2 is 0.643 bits per heavy atom. The summed E-state index contributed by atoms with van der Waals surface area (Å²) >= 11 is 0. The second-order valence-electron chi connectivity index (χ2n) is 1.15. The fourth-order valence-electron chi connectivity index (χ4n) is 0. The van der Waals surface area contributed by atoms with Crippen molar-refractivity contribution in [2.45, 2.75) is 0 Å². The Bertz CT molecular complexity index is 173. The van der Waals surface area contributed by atoms with Gasteiger partial charge in [0.05, 0.1) is 23.9 Å². The van der Waals surface area contributed by atoms with Crippen LogP contribution in [0.15, 0.2) is 0 Å². The second kappa shape index (κ2) is 11.7. The smallest absolute Gasteiger partial charge is 0.543 e. The molecule has 0 amide bonds. The van der Waals surface area contributed by atoms with Crippen LogP contribution in [-0.4, -0.2) is 29.4 Å². The number of carboxylic acid groups (broad SMARTS) is 4. The zero-order chi connectivity index (χ0) is 10.3. The first-order chi connectivity index (χ1) is 5.29. The van der Waals surface area contributed by atoms with E-state index in [4.69, 9.17) is 39.6 Å². The van der Waals surface area contributed by atoms with Crippen LogP contribution in [0.4, 0.5) is 0 Å². The topological polar surface area (TPSA) is 192 Å². The molecule has 0 aliphatic carbocycles. The average molecular weight is 373 g/mol. The molecule has 0 unspecified atom stereocenters. The largest absolute Gasteiger partial charge is 4.00 e. The first-order valence-electron chi connectivity index (χ1n) is 2.13. The van der Waals surface area contributed by atoms with Crippen LogP contribution in [0.1, 0.15) is 0 Å². The van der Waals surface area contributed by atoms with Crippen molar-refractivity contribution in [3.05, 3.63) is 0 Å². The van der Waals surface area contributed by atoms with Crippen LogP contribution >= 0.6 is 0 Å². The zero-order valence-corrected chi connectivity index (χ0v) is 9.86. The van der Waals surface area contributed by atoms with E-state index in [1.807, 2.05) is 0 Å². The van der Waals surface area contributed by atoms with Crippen molar-refractivity contribution in [3.63, 3.8) is 0 Å². The molecule has 14 heavy (non-hydrogen) atoms. The Morgan fingerprint density at radius 1 is 0.571 bits per heavy atom. The monoisotopic (exact) mass is 374 g/mol. The number of carbonyl (C=O) groups is 4. The summed E-state index contributed by atoms with van der Waals surface area (Å²) in [7, 11) is 0. The number of hydrogen-bond donors (Lipinski definition) is 0. The fourth-order valence-corrected chi connectivity index (χ4v) is 0. The van der Waals surface area contributed by atoms with Crippen LogP contribution in [-0.2, 0) is 45.0 Å². The van der Waals surface area contributed by atoms with Crippen molar-refractivity contribution in [1.29, 1.82) is 0 Å². The molecule has 0 heterocycles. The SMILES string of the molecule is O.O=C([O-])C(=O)[O-].O=C([O-])C(=O)[O-].[Hf+4]. The standard InChI is InChI=1S/2C2H2O4.Hf.H2O/c2*3-1(4)2(5)6;;/h2*(H,3,4)(H,5,6);;1H2/q;;+4;/p-4. The third kappa shape index (κ3) is 22.4.